The highest BCUT2D eigenvalue weighted by molar-refractivity contribution is 5.88. The molecule has 0 aliphatic heterocycles. The lowest BCUT2D eigenvalue weighted by molar-refractivity contribution is 0.742. The molecule has 1 aliphatic rings. The van der Waals surface area contributed by atoms with Crippen molar-refractivity contribution >= 4 is 16.5 Å². The highest BCUT2D eigenvalue weighted by Crippen LogP contribution is 2.32. The maximum Gasteiger partial charge on any atom is 0.0977 e. The van der Waals surface area contributed by atoms with Gasteiger partial charge in [-0.3, -0.25) is 9.97 Å². The number of benzene rings is 1. The summed E-state index contributed by atoms with van der Waals surface area (Å²) in [5.41, 5.74) is 8.52. The monoisotopic (exact) mass is 366 g/mol. The molecule has 0 radical (unpaired) electrons. The average Bonchev–Trinajstić information content (AvgIpc) is 3.23. The van der Waals surface area contributed by atoms with Gasteiger partial charge in [0, 0.05) is 22.8 Å². The quantitative estimate of drug-likeness (QED) is 0.487. The number of imidazole rings is 1. The molecule has 4 heteroatoms. The van der Waals surface area contributed by atoms with Crippen LogP contribution >= 0.6 is 0 Å². The highest BCUT2D eigenvalue weighted by atomic mass is 14.9. The number of nitrogens with one attached hydrogen (secondary N) is 1. The van der Waals surface area contributed by atoms with Gasteiger partial charge >= 0.3 is 0 Å². The molecule has 138 valence electrons. The van der Waals surface area contributed by atoms with Gasteiger partial charge in [-0.25, -0.2) is 4.98 Å². The Bertz CT molecular complexity index is 1190. The standard InChI is InChI=1S/C24H22N4/c1-16-6-5-9-22(28-16)24-23(26-15-27-24)18-10-11-21-19(12-18)13-20(14-25-21)17-7-3-2-4-8-17/h5-7,9-15H,2-4,8H2,1H3,(H,26,27). The van der Waals surface area contributed by atoms with E-state index in [1.807, 2.05) is 31.3 Å². The van der Waals surface area contributed by atoms with Crippen molar-refractivity contribution in [3.63, 3.8) is 0 Å². The highest BCUT2D eigenvalue weighted by Gasteiger charge is 2.13. The van der Waals surface area contributed by atoms with E-state index in [0.29, 0.717) is 0 Å². The van der Waals surface area contributed by atoms with Gasteiger partial charge in [-0.1, -0.05) is 18.2 Å². The SMILES string of the molecule is Cc1cccc(-c2[nH]cnc2-c2ccc3ncc(C4=CCCCC4)cc3c2)n1. The van der Waals surface area contributed by atoms with Crippen molar-refractivity contribution in [1.29, 1.82) is 0 Å². The van der Waals surface area contributed by atoms with Gasteiger partial charge in [0.25, 0.3) is 0 Å². The summed E-state index contributed by atoms with van der Waals surface area (Å²) in [6.07, 6.45) is 11.0. The maximum atomic E-state index is 4.69. The van der Waals surface area contributed by atoms with Gasteiger partial charge in [0.05, 0.1) is 28.9 Å². The van der Waals surface area contributed by atoms with Crippen molar-refractivity contribution < 1.29 is 0 Å². The smallest absolute Gasteiger partial charge is 0.0977 e. The third-order valence-corrected chi connectivity index (χ3v) is 5.40. The minimum Gasteiger partial charge on any atom is -0.343 e. The molecule has 0 amide bonds. The molecule has 0 saturated heterocycles. The number of aryl methyl sites for hydroxylation is 1. The molecule has 0 spiro atoms. The van der Waals surface area contributed by atoms with Crippen LogP contribution in [-0.4, -0.2) is 19.9 Å². The lowest BCUT2D eigenvalue weighted by Gasteiger charge is -2.13. The normalized spacial score (nSPS) is 14.2. The molecule has 1 aromatic carbocycles. The number of fused-ring (bicyclic) bond motifs is 1. The van der Waals surface area contributed by atoms with Crippen molar-refractivity contribution in [2.75, 3.05) is 0 Å². The Morgan fingerprint density at radius 3 is 2.75 bits per heavy atom. The van der Waals surface area contributed by atoms with Crippen LogP contribution in [0.5, 0.6) is 0 Å². The first-order valence-corrected chi connectivity index (χ1v) is 9.85. The Morgan fingerprint density at radius 1 is 0.964 bits per heavy atom. The van der Waals surface area contributed by atoms with Gasteiger partial charge < -0.3 is 4.98 Å². The molecule has 1 aliphatic carbocycles. The lowest BCUT2D eigenvalue weighted by atomic mass is 9.94. The molecular weight excluding hydrogens is 344 g/mol. The average molecular weight is 366 g/mol. The first-order valence-electron chi connectivity index (χ1n) is 9.85. The molecule has 0 fully saturated rings. The zero-order valence-corrected chi connectivity index (χ0v) is 15.9. The molecule has 0 saturated carbocycles. The minimum atomic E-state index is 0.909. The Balaban J connectivity index is 1.59. The summed E-state index contributed by atoms with van der Waals surface area (Å²) in [5, 5.41) is 1.15. The van der Waals surface area contributed by atoms with E-state index in [2.05, 4.69) is 50.3 Å². The number of nitrogens with zero attached hydrogens (tertiary/aromatic N) is 3. The number of H-pyrrole nitrogens is 1. The Labute approximate surface area is 164 Å². The van der Waals surface area contributed by atoms with E-state index in [1.165, 1.54) is 30.4 Å². The summed E-state index contributed by atoms with van der Waals surface area (Å²) in [5.74, 6) is 0. The summed E-state index contributed by atoms with van der Waals surface area (Å²) < 4.78 is 0. The maximum absolute atomic E-state index is 4.69. The fourth-order valence-corrected chi connectivity index (χ4v) is 3.95. The van der Waals surface area contributed by atoms with Crippen LogP contribution in [0.3, 0.4) is 0 Å². The Morgan fingerprint density at radius 2 is 1.89 bits per heavy atom. The van der Waals surface area contributed by atoms with E-state index in [1.54, 1.807) is 6.33 Å². The van der Waals surface area contributed by atoms with Gasteiger partial charge in [-0.15, -0.1) is 0 Å². The van der Waals surface area contributed by atoms with Gasteiger partial charge in [0.2, 0.25) is 0 Å². The number of rotatable bonds is 3. The molecule has 4 nitrogen and oxygen atoms in total. The summed E-state index contributed by atoms with van der Waals surface area (Å²) in [6, 6.07) is 14.7. The second-order valence-corrected chi connectivity index (χ2v) is 7.40. The van der Waals surface area contributed by atoms with Gasteiger partial charge in [0.1, 0.15) is 0 Å². The number of aromatic amines is 1. The van der Waals surface area contributed by atoms with Crippen molar-refractivity contribution in [2.45, 2.75) is 32.6 Å². The van der Waals surface area contributed by atoms with Crippen molar-refractivity contribution in [3.05, 3.63) is 72.3 Å². The molecule has 0 atom stereocenters. The number of hydrogen-bond acceptors (Lipinski definition) is 3. The minimum absolute atomic E-state index is 0.909. The number of hydrogen-bond donors (Lipinski definition) is 1. The van der Waals surface area contributed by atoms with E-state index in [0.717, 1.165) is 45.7 Å². The second-order valence-electron chi connectivity index (χ2n) is 7.40. The molecule has 5 rings (SSSR count). The van der Waals surface area contributed by atoms with Crippen LogP contribution in [0.1, 0.15) is 36.9 Å². The molecule has 1 N–H and O–H groups in total. The zero-order valence-electron chi connectivity index (χ0n) is 15.9. The van der Waals surface area contributed by atoms with E-state index in [9.17, 15) is 0 Å². The second kappa shape index (κ2) is 7.04. The van der Waals surface area contributed by atoms with Gasteiger partial charge in [-0.2, -0.15) is 0 Å². The Hall–Kier alpha value is -3.27. The molecular formula is C24H22N4. The fraction of sp³-hybridized carbons (Fsp3) is 0.208. The van der Waals surface area contributed by atoms with Crippen LogP contribution in [0.25, 0.3) is 39.1 Å². The fourth-order valence-electron chi connectivity index (χ4n) is 3.95. The van der Waals surface area contributed by atoms with Crippen LogP contribution in [0, 0.1) is 6.92 Å². The first-order chi connectivity index (χ1) is 13.8. The third kappa shape index (κ3) is 3.11. The molecule has 0 unspecified atom stereocenters. The number of aromatic nitrogens is 4. The molecule has 3 heterocycles. The summed E-state index contributed by atoms with van der Waals surface area (Å²) >= 11 is 0. The predicted molar refractivity (Wildman–Crippen MR) is 114 cm³/mol. The van der Waals surface area contributed by atoms with E-state index in [4.69, 9.17) is 0 Å². The molecule has 0 bridgehead atoms. The van der Waals surface area contributed by atoms with E-state index >= 15 is 0 Å². The molecule has 28 heavy (non-hydrogen) atoms. The number of allylic oxidation sites excluding steroid dienone is 2. The van der Waals surface area contributed by atoms with Crippen molar-refractivity contribution in [2.24, 2.45) is 0 Å². The molecule has 3 aromatic heterocycles. The Kier molecular flexibility index (Phi) is 4.24. The summed E-state index contributed by atoms with van der Waals surface area (Å²) in [6.45, 7) is 2.00. The van der Waals surface area contributed by atoms with E-state index in [-0.39, 0.29) is 0 Å². The predicted octanol–water partition coefficient (Wildman–Crippen LogP) is 5.95. The number of pyridine rings is 2. The third-order valence-electron chi connectivity index (χ3n) is 5.40. The van der Waals surface area contributed by atoms with Crippen LogP contribution in [0.2, 0.25) is 0 Å². The van der Waals surface area contributed by atoms with Crippen molar-refractivity contribution in [1.82, 2.24) is 19.9 Å². The molecule has 4 aromatic rings. The first kappa shape index (κ1) is 16.9. The van der Waals surface area contributed by atoms with Gasteiger partial charge in [-0.05, 0) is 74.1 Å². The largest absolute Gasteiger partial charge is 0.343 e. The van der Waals surface area contributed by atoms with Crippen LogP contribution < -0.4 is 0 Å². The van der Waals surface area contributed by atoms with Crippen LogP contribution in [0.4, 0.5) is 0 Å². The van der Waals surface area contributed by atoms with Gasteiger partial charge in [0.15, 0.2) is 0 Å². The van der Waals surface area contributed by atoms with E-state index < -0.39 is 0 Å². The van der Waals surface area contributed by atoms with Crippen molar-refractivity contribution in [3.8, 4) is 22.6 Å². The lowest BCUT2D eigenvalue weighted by Crippen LogP contribution is -1.93. The summed E-state index contributed by atoms with van der Waals surface area (Å²) in [4.78, 5) is 17.2. The van der Waals surface area contributed by atoms with Crippen LogP contribution in [0.15, 0.2) is 61.1 Å². The summed E-state index contributed by atoms with van der Waals surface area (Å²) in [7, 11) is 0. The zero-order chi connectivity index (χ0) is 18.9. The van der Waals surface area contributed by atoms with Crippen LogP contribution in [-0.2, 0) is 0 Å². The topological polar surface area (TPSA) is 54.5 Å².